The van der Waals surface area contributed by atoms with Gasteiger partial charge in [-0.05, 0) is 29.3 Å². The van der Waals surface area contributed by atoms with Gasteiger partial charge in [-0.15, -0.1) is 0 Å². The van der Waals surface area contributed by atoms with E-state index in [0.717, 1.165) is 16.3 Å². The molecule has 0 bridgehead atoms. The van der Waals surface area contributed by atoms with Gasteiger partial charge in [-0.25, -0.2) is 5.43 Å². The molecule has 1 amide bonds. The fourth-order valence-electron chi connectivity index (χ4n) is 2.85. The average molecular weight is 357 g/mol. The maximum absolute atomic E-state index is 12.4. The van der Waals surface area contributed by atoms with Crippen LogP contribution < -0.4 is 10.2 Å². The number of nitrogens with zero attached hydrogens (tertiary/aromatic N) is 2. The third-order valence-electron chi connectivity index (χ3n) is 4.12. The number of amides is 1. The number of hydrazone groups is 1. The van der Waals surface area contributed by atoms with Gasteiger partial charge in [0.05, 0.1) is 18.9 Å². The molecule has 5 heteroatoms. The summed E-state index contributed by atoms with van der Waals surface area (Å²) in [6.45, 7) is 2.44. The molecule has 0 saturated carbocycles. The predicted molar refractivity (Wildman–Crippen MR) is 106 cm³/mol. The molecule has 0 fully saturated rings. The van der Waals surface area contributed by atoms with Crippen LogP contribution in [0.1, 0.15) is 24.0 Å². The summed E-state index contributed by atoms with van der Waals surface area (Å²) in [7, 11) is 0. The average Bonchev–Trinajstić information content (AvgIpc) is 2.71. The fourth-order valence-corrected chi connectivity index (χ4v) is 2.85. The third kappa shape index (κ3) is 4.13. The first kappa shape index (κ1) is 18.2. The molecule has 134 valence electrons. The Morgan fingerprint density at radius 2 is 1.89 bits per heavy atom. The minimum absolute atomic E-state index is 0.474. The lowest BCUT2D eigenvalue weighted by Crippen LogP contribution is -2.24. The van der Waals surface area contributed by atoms with E-state index in [1.807, 2.05) is 55.5 Å². The summed E-state index contributed by atoms with van der Waals surface area (Å²) in [6.07, 6.45) is 1.56. The van der Waals surface area contributed by atoms with Gasteiger partial charge in [0.25, 0.3) is 5.91 Å². The number of benzene rings is 3. The Bertz CT molecular complexity index is 1010. The molecule has 0 saturated heterocycles. The number of hydrogen-bond donors (Lipinski definition) is 1. The SMILES string of the molecule is CCOc1ccc2ccccc2c1/C=N\NC(=O)[C@H](C#N)c1ccccc1. The van der Waals surface area contributed by atoms with Gasteiger partial charge in [0.15, 0.2) is 5.92 Å². The van der Waals surface area contributed by atoms with E-state index < -0.39 is 11.8 Å². The normalized spacial score (nSPS) is 11.9. The highest BCUT2D eigenvalue weighted by atomic mass is 16.5. The van der Waals surface area contributed by atoms with Gasteiger partial charge in [-0.1, -0.05) is 60.7 Å². The minimum atomic E-state index is -0.915. The molecule has 0 aliphatic carbocycles. The van der Waals surface area contributed by atoms with Crippen LogP contribution in [0.25, 0.3) is 10.8 Å². The van der Waals surface area contributed by atoms with Crippen LogP contribution in [0.15, 0.2) is 71.8 Å². The first-order valence-electron chi connectivity index (χ1n) is 8.66. The van der Waals surface area contributed by atoms with E-state index in [9.17, 15) is 10.1 Å². The molecule has 0 aromatic heterocycles. The Balaban J connectivity index is 1.84. The fraction of sp³-hybridized carbons (Fsp3) is 0.136. The standard InChI is InChI=1S/C22H19N3O2/c1-2-27-21-13-12-17-10-6-7-11-18(17)20(21)15-24-25-22(26)19(14-23)16-8-4-3-5-9-16/h3-13,15,19H,2H2,1H3,(H,25,26)/b24-15-/t19-/m1/s1. The van der Waals surface area contributed by atoms with Crippen molar-refractivity contribution in [2.24, 2.45) is 5.10 Å². The highest BCUT2D eigenvalue weighted by Crippen LogP contribution is 2.26. The Hall–Kier alpha value is -3.65. The molecule has 3 aromatic carbocycles. The van der Waals surface area contributed by atoms with Crippen molar-refractivity contribution in [1.29, 1.82) is 5.26 Å². The lowest BCUT2D eigenvalue weighted by atomic mass is 10.0. The zero-order valence-electron chi connectivity index (χ0n) is 14.9. The number of hydrogen-bond acceptors (Lipinski definition) is 4. The topological polar surface area (TPSA) is 74.5 Å². The second kappa shape index (κ2) is 8.63. The first-order valence-corrected chi connectivity index (χ1v) is 8.66. The van der Waals surface area contributed by atoms with Gasteiger partial charge in [-0.3, -0.25) is 4.79 Å². The van der Waals surface area contributed by atoms with Crippen LogP contribution in [0.2, 0.25) is 0 Å². The van der Waals surface area contributed by atoms with Gasteiger partial charge < -0.3 is 4.74 Å². The summed E-state index contributed by atoms with van der Waals surface area (Å²) in [4.78, 5) is 12.4. The van der Waals surface area contributed by atoms with Crippen molar-refractivity contribution in [3.63, 3.8) is 0 Å². The number of fused-ring (bicyclic) bond motifs is 1. The van der Waals surface area contributed by atoms with E-state index in [4.69, 9.17) is 4.74 Å². The molecule has 5 nitrogen and oxygen atoms in total. The Morgan fingerprint density at radius 1 is 1.15 bits per heavy atom. The summed E-state index contributed by atoms with van der Waals surface area (Å²) in [5, 5.41) is 15.4. The molecule has 3 aromatic rings. The smallest absolute Gasteiger partial charge is 0.261 e. The first-order chi connectivity index (χ1) is 13.2. The number of nitriles is 1. The van der Waals surface area contributed by atoms with Crippen molar-refractivity contribution in [1.82, 2.24) is 5.43 Å². The van der Waals surface area contributed by atoms with Gasteiger partial charge in [0, 0.05) is 5.56 Å². The molecule has 1 atom stereocenters. The summed E-state index contributed by atoms with van der Waals surface area (Å²) < 4.78 is 5.68. The van der Waals surface area contributed by atoms with Crippen LogP contribution in [-0.2, 0) is 4.79 Å². The predicted octanol–water partition coefficient (Wildman–Crippen LogP) is 4.00. The lowest BCUT2D eigenvalue weighted by Gasteiger charge is -2.10. The zero-order chi connectivity index (χ0) is 19.1. The van der Waals surface area contributed by atoms with E-state index in [-0.39, 0.29) is 0 Å². The third-order valence-corrected chi connectivity index (χ3v) is 4.12. The second-order valence-electron chi connectivity index (χ2n) is 5.84. The maximum atomic E-state index is 12.4. The number of nitrogens with one attached hydrogen (secondary N) is 1. The molecule has 0 unspecified atom stereocenters. The van der Waals surface area contributed by atoms with Crippen LogP contribution in [-0.4, -0.2) is 18.7 Å². The van der Waals surface area contributed by atoms with Crippen molar-refractivity contribution in [2.45, 2.75) is 12.8 Å². The minimum Gasteiger partial charge on any atom is -0.493 e. The number of carbonyl (C=O) groups excluding carboxylic acids is 1. The number of rotatable bonds is 6. The molecule has 0 radical (unpaired) electrons. The van der Waals surface area contributed by atoms with Gasteiger partial charge in [0.2, 0.25) is 0 Å². The van der Waals surface area contributed by atoms with E-state index in [0.29, 0.717) is 17.9 Å². The van der Waals surface area contributed by atoms with Gasteiger partial charge in [-0.2, -0.15) is 10.4 Å². The van der Waals surface area contributed by atoms with Crippen molar-refractivity contribution in [2.75, 3.05) is 6.61 Å². The van der Waals surface area contributed by atoms with Crippen LogP contribution in [0.4, 0.5) is 0 Å². The van der Waals surface area contributed by atoms with E-state index in [2.05, 4.69) is 10.5 Å². The molecule has 3 rings (SSSR count). The summed E-state index contributed by atoms with van der Waals surface area (Å²) in [6, 6.07) is 22.7. The quantitative estimate of drug-likeness (QED) is 0.535. The van der Waals surface area contributed by atoms with E-state index in [1.54, 1.807) is 30.5 Å². The lowest BCUT2D eigenvalue weighted by molar-refractivity contribution is -0.121. The van der Waals surface area contributed by atoms with Crippen molar-refractivity contribution >= 4 is 22.9 Å². The highest BCUT2D eigenvalue weighted by Gasteiger charge is 2.19. The Kier molecular flexibility index (Phi) is 5.80. The molecular weight excluding hydrogens is 338 g/mol. The Morgan fingerprint density at radius 3 is 2.63 bits per heavy atom. The van der Waals surface area contributed by atoms with Crippen LogP contribution in [0, 0.1) is 11.3 Å². The number of ether oxygens (including phenoxy) is 1. The van der Waals surface area contributed by atoms with E-state index in [1.165, 1.54) is 0 Å². The largest absolute Gasteiger partial charge is 0.493 e. The van der Waals surface area contributed by atoms with Crippen molar-refractivity contribution < 1.29 is 9.53 Å². The van der Waals surface area contributed by atoms with Gasteiger partial charge in [0.1, 0.15) is 5.75 Å². The maximum Gasteiger partial charge on any atom is 0.261 e. The molecule has 0 heterocycles. The van der Waals surface area contributed by atoms with E-state index >= 15 is 0 Å². The summed E-state index contributed by atoms with van der Waals surface area (Å²) in [5.41, 5.74) is 3.88. The summed E-state index contributed by atoms with van der Waals surface area (Å²) in [5.74, 6) is -0.700. The van der Waals surface area contributed by atoms with Crippen LogP contribution >= 0.6 is 0 Å². The van der Waals surface area contributed by atoms with Gasteiger partial charge >= 0.3 is 0 Å². The zero-order valence-corrected chi connectivity index (χ0v) is 14.9. The monoisotopic (exact) mass is 357 g/mol. The molecule has 27 heavy (non-hydrogen) atoms. The van der Waals surface area contributed by atoms with Crippen LogP contribution in [0.5, 0.6) is 5.75 Å². The molecular formula is C22H19N3O2. The molecule has 0 aliphatic rings. The molecule has 0 spiro atoms. The number of carbonyl (C=O) groups is 1. The Labute approximate surface area is 157 Å². The van der Waals surface area contributed by atoms with Crippen molar-refractivity contribution in [3.8, 4) is 11.8 Å². The summed E-state index contributed by atoms with van der Waals surface area (Å²) >= 11 is 0. The molecule has 0 aliphatic heterocycles. The molecule has 1 N–H and O–H groups in total. The second-order valence-corrected chi connectivity index (χ2v) is 5.84. The van der Waals surface area contributed by atoms with Crippen LogP contribution in [0.3, 0.4) is 0 Å². The highest BCUT2D eigenvalue weighted by molar-refractivity contribution is 6.02. The van der Waals surface area contributed by atoms with Crippen molar-refractivity contribution in [3.05, 3.63) is 77.9 Å².